The molecule has 33 heavy (non-hydrogen) atoms. The molecule has 7 aromatic rings. The maximum absolute atomic E-state index is 4.73. The third kappa shape index (κ3) is 2.52. The lowest BCUT2D eigenvalue weighted by Gasteiger charge is -2.19. The predicted molar refractivity (Wildman–Crippen MR) is 141 cm³/mol. The molecule has 3 aromatic heterocycles. The molecule has 0 atom stereocenters. The molecule has 158 valence electrons. The van der Waals surface area contributed by atoms with E-state index in [9.17, 15) is 0 Å². The highest BCUT2D eigenvalue weighted by Crippen LogP contribution is 2.42. The van der Waals surface area contributed by atoms with Crippen LogP contribution in [-0.4, -0.2) is 9.38 Å². The summed E-state index contributed by atoms with van der Waals surface area (Å²) in [5.74, 6) is 0. The summed E-state index contributed by atoms with van der Waals surface area (Å²) in [6.45, 7) is 6.75. The van der Waals surface area contributed by atoms with Gasteiger partial charge < -0.3 is 4.40 Å². The lowest BCUT2D eigenvalue weighted by Crippen LogP contribution is -2.11. The Bertz CT molecular complexity index is 1850. The Balaban J connectivity index is 1.59. The molecule has 3 heterocycles. The van der Waals surface area contributed by atoms with E-state index in [1.807, 2.05) is 6.20 Å². The summed E-state index contributed by atoms with van der Waals surface area (Å²) in [5.41, 5.74) is 7.45. The molecule has 0 aliphatic carbocycles. The van der Waals surface area contributed by atoms with Crippen molar-refractivity contribution in [2.75, 3.05) is 0 Å². The zero-order chi connectivity index (χ0) is 22.3. The van der Waals surface area contributed by atoms with Gasteiger partial charge in [0.2, 0.25) is 0 Å². The first kappa shape index (κ1) is 18.6. The average molecular weight is 425 g/mol. The van der Waals surface area contributed by atoms with E-state index in [0.29, 0.717) is 0 Å². The van der Waals surface area contributed by atoms with Crippen LogP contribution in [0, 0.1) is 0 Å². The summed E-state index contributed by atoms with van der Waals surface area (Å²) in [4.78, 5) is 4.73. The fraction of sp³-hybridized carbons (Fsp3) is 0.129. The van der Waals surface area contributed by atoms with Crippen molar-refractivity contribution >= 4 is 48.9 Å². The molecular formula is C31H24N2. The summed E-state index contributed by atoms with van der Waals surface area (Å²) in [5, 5.41) is 7.83. The molecule has 0 saturated carbocycles. The molecular weight excluding hydrogens is 400 g/mol. The summed E-state index contributed by atoms with van der Waals surface area (Å²) < 4.78 is 2.44. The number of hydrogen-bond donors (Lipinski definition) is 0. The van der Waals surface area contributed by atoms with Gasteiger partial charge in [0.1, 0.15) is 0 Å². The van der Waals surface area contributed by atoms with E-state index in [-0.39, 0.29) is 5.41 Å². The second-order valence-electron chi connectivity index (χ2n) is 10.1. The van der Waals surface area contributed by atoms with Crippen LogP contribution in [0.4, 0.5) is 0 Å². The van der Waals surface area contributed by atoms with Gasteiger partial charge in [-0.2, -0.15) is 0 Å². The number of rotatable bonds is 1. The second-order valence-corrected chi connectivity index (χ2v) is 10.1. The zero-order valence-electron chi connectivity index (χ0n) is 19.1. The van der Waals surface area contributed by atoms with Crippen LogP contribution in [0.3, 0.4) is 0 Å². The van der Waals surface area contributed by atoms with Gasteiger partial charge >= 0.3 is 0 Å². The van der Waals surface area contributed by atoms with Gasteiger partial charge in [-0.25, -0.2) is 0 Å². The highest BCUT2D eigenvalue weighted by molar-refractivity contribution is 6.28. The van der Waals surface area contributed by atoms with E-state index in [4.69, 9.17) is 4.98 Å². The van der Waals surface area contributed by atoms with E-state index in [1.54, 1.807) is 0 Å². The van der Waals surface area contributed by atoms with Gasteiger partial charge in [0.25, 0.3) is 0 Å². The van der Waals surface area contributed by atoms with Crippen LogP contribution in [-0.2, 0) is 5.41 Å². The number of para-hydroxylation sites is 2. The lowest BCUT2D eigenvalue weighted by atomic mass is 9.87. The number of aromatic nitrogens is 2. The molecule has 0 unspecified atom stereocenters. The standard InChI is InChI=1S/C31H24N2/c1-31(2,3)21-15-16-32-26(18-21)20-12-11-19-13-14-28-29(25(19)17-20)24-9-6-8-23-22-7-4-5-10-27(22)33(28)30(23)24/h4-18H,1-3H3. The van der Waals surface area contributed by atoms with E-state index in [2.05, 4.69) is 110 Å². The molecule has 7 rings (SSSR count). The largest absolute Gasteiger partial charge is 0.308 e. The normalized spacial score (nSPS) is 12.7. The van der Waals surface area contributed by atoms with Crippen LogP contribution < -0.4 is 0 Å². The van der Waals surface area contributed by atoms with E-state index in [1.165, 1.54) is 54.4 Å². The third-order valence-electron chi connectivity index (χ3n) is 7.13. The van der Waals surface area contributed by atoms with E-state index < -0.39 is 0 Å². The fourth-order valence-corrected chi connectivity index (χ4v) is 5.46. The van der Waals surface area contributed by atoms with Gasteiger partial charge in [0, 0.05) is 33.3 Å². The van der Waals surface area contributed by atoms with Crippen molar-refractivity contribution in [3.8, 4) is 11.3 Å². The molecule has 0 saturated heterocycles. The topological polar surface area (TPSA) is 17.3 Å². The number of fused-ring (bicyclic) bond motifs is 8. The SMILES string of the molecule is CC(C)(C)c1ccnc(-c2ccc3ccc4c(c3c2)c2cccc3c5ccccc5n4c32)c1. The molecule has 2 nitrogen and oxygen atoms in total. The van der Waals surface area contributed by atoms with Gasteiger partial charge in [0.15, 0.2) is 0 Å². The van der Waals surface area contributed by atoms with Gasteiger partial charge in [-0.15, -0.1) is 0 Å². The summed E-state index contributed by atoms with van der Waals surface area (Å²) in [6, 6.07) is 31.1. The van der Waals surface area contributed by atoms with Crippen LogP contribution in [0.2, 0.25) is 0 Å². The molecule has 0 N–H and O–H groups in total. The number of benzene rings is 4. The first-order valence-electron chi connectivity index (χ1n) is 11.6. The van der Waals surface area contributed by atoms with Crippen LogP contribution in [0.15, 0.2) is 91.1 Å². The molecule has 2 heteroatoms. The Morgan fingerprint density at radius 1 is 0.667 bits per heavy atom. The maximum Gasteiger partial charge on any atom is 0.0705 e. The molecule has 0 fully saturated rings. The van der Waals surface area contributed by atoms with Gasteiger partial charge in [-0.1, -0.05) is 75.4 Å². The van der Waals surface area contributed by atoms with Crippen molar-refractivity contribution in [3.63, 3.8) is 0 Å². The predicted octanol–water partition coefficient (Wildman–Crippen LogP) is 8.35. The minimum Gasteiger partial charge on any atom is -0.308 e. The monoisotopic (exact) mass is 424 g/mol. The Hall–Kier alpha value is -3.91. The van der Waals surface area contributed by atoms with Crippen LogP contribution in [0.1, 0.15) is 26.3 Å². The highest BCUT2D eigenvalue weighted by Gasteiger charge is 2.19. The smallest absolute Gasteiger partial charge is 0.0705 e. The summed E-state index contributed by atoms with van der Waals surface area (Å²) in [7, 11) is 0. The Kier molecular flexibility index (Phi) is 3.57. The van der Waals surface area contributed by atoms with Crippen molar-refractivity contribution in [2.24, 2.45) is 0 Å². The van der Waals surface area contributed by atoms with Gasteiger partial charge in [-0.05, 0) is 52.1 Å². The maximum atomic E-state index is 4.73. The molecule has 0 radical (unpaired) electrons. The van der Waals surface area contributed by atoms with E-state index >= 15 is 0 Å². The first-order valence-corrected chi connectivity index (χ1v) is 11.6. The van der Waals surface area contributed by atoms with Crippen molar-refractivity contribution in [1.29, 1.82) is 0 Å². The van der Waals surface area contributed by atoms with E-state index in [0.717, 1.165) is 11.3 Å². The molecule has 0 bridgehead atoms. The molecule has 4 aromatic carbocycles. The van der Waals surface area contributed by atoms with Crippen LogP contribution >= 0.6 is 0 Å². The van der Waals surface area contributed by atoms with Crippen LogP contribution in [0.25, 0.3) is 60.1 Å². The third-order valence-corrected chi connectivity index (χ3v) is 7.13. The Morgan fingerprint density at radius 3 is 2.33 bits per heavy atom. The molecule has 0 aliphatic heterocycles. The Labute approximate surface area is 192 Å². The van der Waals surface area contributed by atoms with Crippen LogP contribution in [0.5, 0.6) is 0 Å². The number of pyridine rings is 1. The second kappa shape index (κ2) is 6.32. The molecule has 0 amide bonds. The first-order chi connectivity index (χ1) is 16.0. The quantitative estimate of drug-likeness (QED) is 0.259. The molecule has 0 aliphatic rings. The minimum atomic E-state index is 0.0933. The Morgan fingerprint density at radius 2 is 1.45 bits per heavy atom. The van der Waals surface area contributed by atoms with Crippen molar-refractivity contribution in [2.45, 2.75) is 26.2 Å². The highest BCUT2D eigenvalue weighted by atomic mass is 14.9. The van der Waals surface area contributed by atoms with Gasteiger partial charge in [-0.3, -0.25) is 4.98 Å². The molecule has 0 spiro atoms. The zero-order valence-corrected chi connectivity index (χ0v) is 19.1. The fourth-order valence-electron chi connectivity index (χ4n) is 5.46. The lowest BCUT2D eigenvalue weighted by molar-refractivity contribution is 0.589. The van der Waals surface area contributed by atoms with Crippen molar-refractivity contribution in [3.05, 3.63) is 96.7 Å². The number of hydrogen-bond acceptors (Lipinski definition) is 1. The van der Waals surface area contributed by atoms with Crippen molar-refractivity contribution < 1.29 is 0 Å². The minimum absolute atomic E-state index is 0.0933. The summed E-state index contributed by atoms with van der Waals surface area (Å²) >= 11 is 0. The summed E-state index contributed by atoms with van der Waals surface area (Å²) in [6.07, 6.45) is 1.94. The van der Waals surface area contributed by atoms with Gasteiger partial charge in [0.05, 0.1) is 22.2 Å². The number of nitrogens with zero attached hydrogens (tertiary/aromatic N) is 2. The van der Waals surface area contributed by atoms with Crippen molar-refractivity contribution in [1.82, 2.24) is 9.38 Å². The average Bonchev–Trinajstić information content (AvgIpc) is 3.36.